The summed E-state index contributed by atoms with van der Waals surface area (Å²) >= 11 is 0. The van der Waals surface area contributed by atoms with Crippen molar-refractivity contribution in [2.24, 2.45) is 0 Å². The first kappa shape index (κ1) is 9.45. The largest absolute Gasteiger partial charge is 0.353 e. The van der Waals surface area contributed by atoms with Gasteiger partial charge in [-0.15, -0.1) is 0 Å². The van der Waals surface area contributed by atoms with Crippen LogP contribution in [0.3, 0.4) is 0 Å². The highest BCUT2D eigenvalue weighted by Gasteiger charge is 2.04. The van der Waals surface area contributed by atoms with E-state index in [0.717, 1.165) is 11.8 Å². The van der Waals surface area contributed by atoms with E-state index < -0.39 is 0 Å². The lowest BCUT2D eigenvalue weighted by Crippen LogP contribution is -2.28. The third-order valence-electron chi connectivity index (χ3n) is 1.78. The number of benzene rings is 1. The summed E-state index contributed by atoms with van der Waals surface area (Å²) in [6, 6.07) is 9.35. The summed E-state index contributed by atoms with van der Waals surface area (Å²) in [7, 11) is 1.73. The van der Waals surface area contributed by atoms with Gasteiger partial charge in [0.05, 0.1) is 6.54 Å². The van der Waals surface area contributed by atoms with Crippen molar-refractivity contribution in [3.05, 3.63) is 35.9 Å². The first-order valence-corrected chi connectivity index (χ1v) is 4.04. The molecule has 0 unspecified atom stereocenters. The number of hydrogen-bond donors (Lipinski definition) is 1. The highest BCUT2D eigenvalue weighted by Crippen LogP contribution is 2.01. The lowest BCUT2D eigenvalue weighted by atomic mass is 10.2. The van der Waals surface area contributed by atoms with Gasteiger partial charge < -0.3 is 9.69 Å². The molecular formula is C10H12N2O. The molecule has 13 heavy (non-hydrogen) atoms. The minimum absolute atomic E-state index is 0.258. The van der Waals surface area contributed by atoms with Crippen LogP contribution in [0.15, 0.2) is 30.3 Å². The zero-order valence-electron chi connectivity index (χ0n) is 7.53. The first-order chi connectivity index (χ1) is 6.25. The molecule has 0 saturated carbocycles. The molecule has 0 aliphatic rings. The van der Waals surface area contributed by atoms with Crippen molar-refractivity contribution in [3.63, 3.8) is 0 Å². The number of rotatable bonds is 3. The summed E-state index contributed by atoms with van der Waals surface area (Å²) in [5.74, 6) is 0.368. The summed E-state index contributed by atoms with van der Waals surface area (Å²) in [5, 5.41) is 7.71. The normalized spacial score (nSPS) is 9.31. The molecule has 0 radical (unpaired) electrons. The van der Waals surface area contributed by atoms with E-state index in [0.29, 0.717) is 5.84 Å². The van der Waals surface area contributed by atoms with Gasteiger partial charge in [0.25, 0.3) is 0 Å². The van der Waals surface area contributed by atoms with Gasteiger partial charge >= 0.3 is 0 Å². The van der Waals surface area contributed by atoms with Crippen LogP contribution in [0.4, 0.5) is 0 Å². The van der Waals surface area contributed by atoms with Gasteiger partial charge in [-0.05, 0) is 0 Å². The van der Waals surface area contributed by atoms with Crippen molar-refractivity contribution >= 4 is 12.1 Å². The molecule has 0 saturated heterocycles. The Hall–Kier alpha value is -1.64. The molecule has 1 N–H and O–H groups in total. The fraction of sp³-hybridized carbons (Fsp3) is 0.200. The van der Waals surface area contributed by atoms with Crippen LogP contribution in [0, 0.1) is 5.41 Å². The minimum Gasteiger partial charge on any atom is -0.353 e. The molecule has 0 spiro atoms. The summed E-state index contributed by atoms with van der Waals surface area (Å²) in [6.07, 6.45) is 0.789. The number of likely N-dealkylation sites (N-methyl/N-ethyl adjacent to an activating group) is 1. The molecule has 0 aliphatic heterocycles. The average molecular weight is 176 g/mol. The van der Waals surface area contributed by atoms with Crippen molar-refractivity contribution in [2.45, 2.75) is 0 Å². The zero-order valence-corrected chi connectivity index (χ0v) is 7.53. The second-order valence-corrected chi connectivity index (χ2v) is 2.76. The smallest absolute Gasteiger partial charge is 0.139 e. The number of nitrogens with one attached hydrogen (secondary N) is 1. The Morgan fingerprint density at radius 1 is 1.46 bits per heavy atom. The number of nitrogens with zero attached hydrogens (tertiary/aromatic N) is 1. The van der Waals surface area contributed by atoms with E-state index in [4.69, 9.17) is 5.41 Å². The minimum atomic E-state index is 0.258. The molecule has 0 aromatic heterocycles. The van der Waals surface area contributed by atoms with Crippen molar-refractivity contribution in [3.8, 4) is 0 Å². The lowest BCUT2D eigenvalue weighted by molar-refractivity contribution is -0.108. The lowest BCUT2D eigenvalue weighted by Gasteiger charge is -2.16. The van der Waals surface area contributed by atoms with Crippen LogP contribution in [-0.2, 0) is 4.79 Å². The van der Waals surface area contributed by atoms with Gasteiger partial charge in [0.2, 0.25) is 0 Å². The van der Waals surface area contributed by atoms with Crippen molar-refractivity contribution < 1.29 is 4.79 Å². The Balaban J connectivity index is 2.73. The first-order valence-electron chi connectivity index (χ1n) is 4.04. The fourth-order valence-corrected chi connectivity index (χ4v) is 1.02. The zero-order chi connectivity index (χ0) is 9.68. The predicted molar refractivity (Wildman–Crippen MR) is 52.0 cm³/mol. The van der Waals surface area contributed by atoms with Crippen LogP contribution in [0.25, 0.3) is 0 Å². The molecule has 0 atom stereocenters. The van der Waals surface area contributed by atoms with Crippen molar-refractivity contribution in [1.82, 2.24) is 4.90 Å². The maximum atomic E-state index is 10.2. The Morgan fingerprint density at radius 3 is 2.62 bits per heavy atom. The van der Waals surface area contributed by atoms with Gasteiger partial charge in [-0.2, -0.15) is 0 Å². The molecule has 68 valence electrons. The van der Waals surface area contributed by atoms with Crippen LogP contribution < -0.4 is 0 Å². The van der Waals surface area contributed by atoms with E-state index in [9.17, 15) is 4.79 Å². The molecule has 1 rings (SSSR count). The van der Waals surface area contributed by atoms with Gasteiger partial charge in [0, 0.05) is 12.6 Å². The Bertz CT molecular complexity index is 295. The fourth-order valence-electron chi connectivity index (χ4n) is 1.02. The number of amidine groups is 1. The second kappa shape index (κ2) is 4.40. The molecule has 0 fully saturated rings. The van der Waals surface area contributed by atoms with Crippen LogP contribution in [0.5, 0.6) is 0 Å². The van der Waals surface area contributed by atoms with Crippen molar-refractivity contribution in [1.29, 1.82) is 5.41 Å². The average Bonchev–Trinajstić information content (AvgIpc) is 2.18. The van der Waals surface area contributed by atoms with E-state index in [2.05, 4.69) is 0 Å². The summed E-state index contributed by atoms with van der Waals surface area (Å²) in [5.41, 5.74) is 0.826. The molecule has 0 bridgehead atoms. The highest BCUT2D eigenvalue weighted by molar-refractivity contribution is 5.96. The molecule has 1 aromatic rings. The van der Waals surface area contributed by atoms with E-state index in [1.165, 1.54) is 0 Å². The number of carbonyl (C=O) groups excluding carboxylic acids is 1. The number of hydrogen-bond acceptors (Lipinski definition) is 2. The van der Waals surface area contributed by atoms with Gasteiger partial charge in [-0.1, -0.05) is 30.3 Å². The highest BCUT2D eigenvalue weighted by atomic mass is 16.1. The molecule has 0 aliphatic carbocycles. The number of aldehydes is 1. The third-order valence-corrected chi connectivity index (χ3v) is 1.78. The molecule has 1 aromatic carbocycles. The Morgan fingerprint density at radius 2 is 2.08 bits per heavy atom. The summed E-state index contributed by atoms with van der Waals surface area (Å²) in [4.78, 5) is 11.8. The summed E-state index contributed by atoms with van der Waals surface area (Å²) < 4.78 is 0. The van der Waals surface area contributed by atoms with Gasteiger partial charge in [-0.25, -0.2) is 0 Å². The van der Waals surface area contributed by atoms with Crippen LogP contribution in [0.2, 0.25) is 0 Å². The quantitative estimate of drug-likeness (QED) is 0.426. The molecular weight excluding hydrogens is 164 g/mol. The second-order valence-electron chi connectivity index (χ2n) is 2.76. The van der Waals surface area contributed by atoms with E-state index >= 15 is 0 Å². The monoisotopic (exact) mass is 176 g/mol. The van der Waals surface area contributed by atoms with E-state index in [1.54, 1.807) is 11.9 Å². The maximum Gasteiger partial charge on any atom is 0.139 e. The van der Waals surface area contributed by atoms with Crippen LogP contribution in [0.1, 0.15) is 5.56 Å². The van der Waals surface area contributed by atoms with Crippen molar-refractivity contribution in [2.75, 3.05) is 13.6 Å². The Kier molecular flexibility index (Phi) is 3.20. The molecule has 0 amide bonds. The third kappa shape index (κ3) is 2.40. The maximum absolute atomic E-state index is 10.2. The Labute approximate surface area is 77.5 Å². The summed E-state index contributed by atoms with van der Waals surface area (Å²) in [6.45, 7) is 0.258. The predicted octanol–water partition coefficient (Wildman–Crippen LogP) is 1.14. The standard InChI is InChI=1S/C10H12N2O/c1-12(7-8-13)10(11)9-5-3-2-4-6-9/h2-6,8,11H,7H2,1H3. The molecule has 3 heteroatoms. The number of carbonyl (C=O) groups is 1. The van der Waals surface area contributed by atoms with E-state index in [1.807, 2.05) is 30.3 Å². The van der Waals surface area contributed by atoms with Gasteiger partial charge in [0.1, 0.15) is 12.1 Å². The molecule has 3 nitrogen and oxygen atoms in total. The molecule has 0 heterocycles. The van der Waals surface area contributed by atoms with Gasteiger partial charge in [0.15, 0.2) is 0 Å². The topological polar surface area (TPSA) is 44.2 Å². The van der Waals surface area contributed by atoms with Crippen LogP contribution >= 0.6 is 0 Å². The van der Waals surface area contributed by atoms with Gasteiger partial charge in [-0.3, -0.25) is 5.41 Å². The van der Waals surface area contributed by atoms with Crippen LogP contribution in [-0.4, -0.2) is 30.6 Å². The van der Waals surface area contributed by atoms with E-state index in [-0.39, 0.29) is 6.54 Å². The SMILES string of the molecule is CN(CC=O)C(=N)c1ccccc1.